The SMILES string of the molecule is Nc1cccc2ccn(Cc3ccccc3F)c12. The number of nitrogen functional groups attached to an aromatic ring is 1. The van der Waals surface area contributed by atoms with Crippen LogP contribution in [0.25, 0.3) is 10.9 Å². The monoisotopic (exact) mass is 240 g/mol. The van der Waals surface area contributed by atoms with Crippen LogP contribution in [-0.2, 0) is 6.54 Å². The number of nitrogens with two attached hydrogens (primary N) is 1. The maximum atomic E-state index is 13.6. The van der Waals surface area contributed by atoms with Crippen LogP contribution in [0.5, 0.6) is 0 Å². The van der Waals surface area contributed by atoms with Gasteiger partial charge in [-0.05, 0) is 18.2 Å². The molecule has 3 heteroatoms. The molecule has 1 aromatic heterocycles. The van der Waals surface area contributed by atoms with E-state index in [9.17, 15) is 4.39 Å². The highest BCUT2D eigenvalue weighted by Gasteiger charge is 2.07. The van der Waals surface area contributed by atoms with Gasteiger partial charge in [0, 0.05) is 17.1 Å². The molecule has 3 aromatic rings. The van der Waals surface area contributed by atoms with Crippen LogP contribution in [0.4, 0.5) is 10.1 Å². The van der Waals surface area contributed by atoms with E-state index in [0.29, 0.717) is 17.8 Å². The predicted octanol–water partition coefficient (Wildman–Crippen LogP) is 3.41. The van der Waals surface area contributed by atoms with Crippen molar-refractivity contribution in [3.63, 3.8) is 0 Å². The van der Waals surface area contributed by atoms with E-state index in [1.54, 1.807) is 12.1 Å². The third-order valence-electron chi connectivity index (χ3n) is 3.12. The van der Waals surface area contributed by atoms with Crippen LogP contribution in [0.2, 0.25) is 0 Å². The minimum Gasteiger partial charge on any atom is -0.397 e. The van der Waals surface area contributed by atoms with Gasteiger partial charge >= 0.3 is 0 Å². The third-order valence-corrected chi connectivity index (χ3v) is 3.12. The van der Waals surface area contributed by atoms with Crippen molar-refractivity contribution in [1.82, 2.24) is 4.57 Å². The third kappa shape index (κ3) is 1.74. The quantitative estimate of drug-likeness (QED) is 0.684. The zero-order valence-corrected chi connectivity index (χ0v) is 9.81. The van der Waals surface area contributed by atoms with Gasteiger partial charge in [-0.3, -0.25) is 0 Å². The molecule has 0 amide bonds. The first-order chi connectivity index (χ1) is 8.75. The van der Waals surface area contributed by atoms with E-state index >= 15 is 0 Å². The Balaban J connectivity index is 2.09. The molecule has 0 saturated heterocycles. The first-order valence-electron chi connectivity index (χ1n) is 5.82. The summed E-state index contributed by atoms with van der Waals surface area (Å²) < 4.78 is 15.6. The topological polar surface area (TPSA) is 30.9 Å². The first kappa shape index (κ1) is 10.8. The zero-order valence-electron chi connectivity index (χ0n) is 9.81. The molecule has 18 heavy (non-hydrogen) atoms. The summed E-state index contributed by atoms with van der Waals surface area (Å²) in [6, 6.07) is 14.6. The lowest BCUT2D eigenvalue weighted by Gasteiger charge is -2.08. The smallest absolute Gasteiger partial charge is 0.128 e. The van der Waals surface area contributed by atoms with E-state index in [4.69, 9.17) is 5.73 Å². The number of anilines is 1. The van der Waals surface area contributed by atoms with Gasteiger partial charge in [0.25, 0.3) is 0 Å². The van der Waals surface area contributed by atoms with Crippen LogP contribution in [0.1, 0.15) is 5.56 Å². The van der Waals surface area contributed by atoms with Crippen molar-refractivity contribution in [1.29, 1.82) is 0 Å². The summed E-state index contributed by atoms with van der Waals surface area (Å²) in [5, 5.41) is 1.08. The zero-order chi connectivity index (χ0) is 12.5. The largest absolute Gasteiger partial charge is 0.397 e. The summed E-state index contributed by atoms with van der Waals surface area (Å²) >= 11 is 0. The highest BCUT2D eigenvalue weighted by Crippen LogP contribution is 2.23. The summed E-state index contributed by atoms with van der Waals surface area (Å²) in [6.45, 7) is 0.490. The Morgan fingerprint density at radius 3 is 2.67 bits per heavy atom. The molecule has 0 bridgehead atoms. The standard InChI is InChI=1S/C15H13FN2/c16-13-6-2-1-4-12(13)10-18-9-8-11-5-3-7-14(17)15(11)18/h1-9H,10,17H2. The molecule has 0 unspecified atom stereocenters. The summed E-state index contributed by atoms with van der Waals surface area (Å²) in [5.74, 6) is -0.186. The molecule has 1 heterocycles. The lowest BCUT2D eigenvalue weighted by Crippen LogP contribution is -2.02. The molecule has 0 aliphatic heterocycles. The van der Waals surface area contributed by atoms with Gasteiger partial charge in [0.15, 0.2) is 0 Å². The van der Waals surface area contributed by atoms with Crippen LogP contribution >= 0.6 is 0 Å². The summed E-state index contributed by atoms with van der Waals surface area (Å²) in [5.41, 5.74) is 8.32. The Labute approximate surface area is 104 Å². The van der Waals surface area contributed by atoms with Gasteiger partial charge in [-0.15, -0.1) is 0 Å². The molecule has 0 aliphatic carbocycles. The lowest BCUT2D eigenvalue weighted by atomic mass is 10.2. The van der Waals surface area contributed by atoms with Gasteiger partial charge in [0.2, 0.25) is 0 Å². The molecule has 3 rings (SSSR count). The molecular formula is C15H13FN2. The van der Waals surface area contributed by atoms with Crippen LogP contribution < -0.4 is 5.73 Å². The second-order valence-corrected chi connectivity index (χ2v) is 4.32. The van der Waals surface area contributed by atoms with Gasteiger partial charge in [-0.1, -0.05) is 30.3 Å². The van der Waals surface area contributed by atoms with E-state index in [2.05, 4.69) is 0 Å². The van der Waals surface area contributed by atoms with Crippen LogP contribution in [0, 0.1) is 5.82 Å². The second-order valence-electron chi connectivity index (χ2n) is 4.32. The van der Waals surface area contributed by atoms with Crippen molar-refractivity contribution in [2.75, 3.05) is 5.73 Å². The van der Waals surface area contributed by atoms with Gasteiger partial charge < -0.3 is 10.3 Å². The van der Waals surface area contributed by atoms with Gasteiger partial charge in [0.1, 0.15) is 5.82 Å². The van der Waals surface area contributed by atoms with Gasteiger partial charge in [-0.2, -0.15) is 0 Å². The molecule has 0 spiro atoms. The van der Waals surface area contributed by atoms with Gasteiger partial charge in [0.05, 0.1) is 17.7 Å². The van der Waals surface area contributed by atoms with E-state index in [0.717, 1.165) is 10.9 Å². The second kappa shape index (κ2) is 4.18. The molecule has 0 fully saturated rings. The number of hydrogen-bond acceptors (Lipinski definition) is 1. The Hall–Kier alpha value is -2.29. The Morgan fingerprint density at radius 2 is 1.83 bits per heavy atom. The molecule has 0 saturated carbocycles. The van der Waals surface area contributed by atoms with Crippen molar-refractivity contribution in [2.45, 2.75) is 6.54 Å². The maximum absolute atomic E-state index is 13.6. The van der Waals surface area contributed by atoms with Crippen molar-refractivity contribution in [3.8, 4) is 0 Å². The lowest BCUT2D eigenvalue weighted by molar-refractivity contribution is 0.602. The van der Waals surface area contributed by atoms with Crippen molar-refractivity contribution in [3.05, 3.63) is 66.1 Å². The van der Waals surface area contributed by atoms with Crippen LogP contribution in [0.3, 0.4) is 0 Å². The summed E-state index contributed by atoms with van der Waals surface area (Å²) in [6.07, 6.45) is 1.94. The molecule has 0 aliphatic rings. The number of aromatic nitrogens is 1. The fourth-order valence-electron chi connectivity index (χ4n) is 2.23. The van der Waals surface area contributed by atoms with Crippen molar-refractivity contribution < 1.29 is 4.39 Å². The molecule has 90 valence electrons. The number of hydrogen-bond donors (Lipinski definition) is 1. The number of nitrogens with zero attached hydrogens (tertiary/aromatic N) is 1. The minimum atomic E-state index is -0.186. The summed E-state index contributed by atoms with van der Waals surface area (Å²) in [7, 11) is 0. The minimum absolute atomic E-state index is 0.186. The fraction of sp³-hybridized carbons (Fsp3) is 0.0667. The average molecular weight is 240 g/mol. The van der Waals surface area contributed by atoms with E-state index in [1.165, 1.54) is 6.07 Å². The highest BCUT2D eigenvalue weighted by atomic mass is 19.1. The summed E-state index contributed by atoms with van der Waals surface area (Å²) in [4.78, 5) is 0. The van der Waals surface area contributed by atoms with Gasteiger partial charge in [-0.25, -0.2) is 4.39 Å². The van der Waals surface area contributed by atoms with E-state index < -0.39 is 0 Å². The number of halogens is 1. The normalized spacial score (nSPS) is 10.9. The average Bonchev–Trinajstić information content (AvgIpc) is 2.77. The number of fused-ring (bicyclic) bond motifs is 1. The van der Waals surface area contributed by atoms with E-state index in [-0.39, 0.29) is 5.82 Å². The molecular weight excluding hydrogens is 227 g/mol. The molecule has 2 aromatic carbocycles. The van der Waals surface area contributed by atoms with Crippen molar-refractivity contribution in [2.24, 2.45) is 0 Å². The fourth-order valence-corrected chi connectivity index (χ4v) is 2.23. The molecule has 2 N–H and O–H groups in total. The van der Waals surface area contributed by atoms with Crippen LogP contribution in [0.15, 0.2) is 54.7 Å². The first-order valence-corrected chi connectivity index (χ1v) is 5.82. The molecule has 2 nitrogen and oxygen atoms in total. The van der Waals surface area contributed by atoms with Crippen molar-refractivity contribution >= 4 is 16.6 Å². The number of rotatable bonds is 2. The van der Waals surface area contributed by atoms with Crippen LogP contribution in [-0.4, -0.2) is 4.57 Å². The number of benzene rings is 2. The number of para-hydroxylation sites is 1. The molecule has 0 atom stereocenters. The Kier molecular flexibility index (Phi) is 2.52. The Morgan fingerprint density at radius 1 is 1.00 bits per heavy atom. The maximum Gasteiger partial charge on any atom is 0.128 e. The highest BCUT2D eigenvalue weighted by molar-refractivity contribution is 5.90. The molecule has 0 radical (unpaired) electrons. The Bertz CT molecular complexity index is 701. The van der Waals surface area contributed by atoms with E-state index in [1.807, 2.05) is 41.1 Å². The predicted molar refractivity (Wildman–Crippen MR) is 71.9 cm³/mol.